The summed E-state index contributed by atoms with van der Waals surface area (Å²) in [5.41, 5.74) is 1.00. The summed E-state index contributed by atoms with van der Waals surface area (Å²) < 4.78 is 0. The van der Waals surface area contributed by atoms with Gasteiger partial charge in [0.2, 0.25) is 5.91 Å². The van der Waals surface area contributed by atoms with E-state index in [-0.39, 0.29) is 5.91 Å². The lowest BCUT2D eigenvalue weighted by Gasteiger charge is -2.24. The zero-order valence-electron chi connectivity index (χ0n) is 10.9. The molecule has 1 saturated heterocycles. The van der Waals surface area contributed by atoms with Crippen LogP contribution in [-0.4, -0.2) is 28.7 Å². The van der Waals surface area contributed by atoms with Gasteiger partial charge in [-0.15, -0.1) is 0 Å². The molecule has 0 N–H and O–H groups in total. The topological polar surface area (TPSA) is 20.3 Å². The first-order chi connectivity index (χ1) is 9.20. The maximum atomic E-state index is 12.4. The van der Waals surface area contributed by atoms with Crippen LogP contribution in [0.3, 0.4) is 0 Å². The average molecular weight is 345 g/mol. The zero-order chi connectivity index (χ0) is 13.7. The third kappa shape index (κ3) is 4.22. The van der Waals surface area contributed by atoms with Crippen LogP contribution in [0.5, 0.6) is 0 Å². The van der Waals surface area contributed by atoms with Crippen LogP contribution in [0.2, 0.25) is 5.02 Å². The summed E-state index contributed by atoms with van der Waals surface area (Å²) in [6.45, 7) is 0.909. The molecule has 0 spiro atoms. The van der Waals surface area contributed by atoms with Crippen LogP contribution in [0.1, 0.15) is 31.2 Å². The molecular weight excluding hydrogens is 326 g/mol. The zero-order valence-corrected chi connectivity index (χ0v) is 13.3. The monoisotopic (exact) mass is 343 g/mol. The van der Waals surface area contributed by atoms with Crippen molar-refractivity contribution in [2.24, 2.45) is 0 Å². The molecule has 0 saturated carbocycles. The Morgan fingerprint density at radius 1 is 1.47 bits per heavy atom. The second kappa shape index (κ2) is 7.30. The first-order valence-electron chi connectivity index (χ1n) is 6.80. The van der Waals surface area contributed by atoms with E-state index >= 15 is 0 Å². The van der Waals surface area contributed by atoms with Gasteiger partial charge in [-0.05, 0) is 43.4 Å². The van der Waals surface area contributed by atoms with Gasteiger partial charge < -0.3 is 4.90 Å². The predicted octanol–water partition coefficient (Wildman–Crippen LogP) is 4.05. The van der Waals surface area contributed by atoms with Gasteiger partial charge in [-0.25, -0.2) is 0 Å². The first-order valence-corrected chi connectivity index (χ1v) is 8.30. The summed E-state index contributed by atoms with van der Waals surface area (Å²) >= 11 is 9.41. The van der Waals surface area contributed by atoms with Gasteiger partial charge in [0.05, 0.1) is 6.42 Å². The molecule has 1 aromatic rings. The van der Waals surface area contributed by atoms with E-state index in [1.165, 1.54) is 0 Å². The summed E-state index contributed by atoms with van der Waals surface area (Å²) in [7, 11) is 0. The van der Waals surface area contributed by atoms with Crippen molar-refractivity contribution in [3.63, 3.8) is 0 Å². The minimum absolute atomic E-state index is 0.235. The highest BCUT2D eigenvalue weighted by Gasteiger charge is 2.27. The van der Waals surface area contributed by atoms with Crippen LogP contribution < -0.4 is 0 Å². The number of carbonyl (C=O) groups excluding carboxylic acids is 1. The lowest BCUT2D eigenvalue weighted by molar-refractivity contribution is -0.131. The Bertz CT molecular complexity index is 438. The van der Waals surface area contributed by atoms with Crippen LogP contribution in [0, 0.1) is 0 Å². The van der Waals surface area contributed by atoms with Crippen molar-refractivity contribution in [2.45, 2.75) is 38.1 Å². The highest BCUT2D eigenvalue weighted by molar-refractivity contribution is 9.09. The largest absolute Gasteiger partial charge is 0.339 e. The number of amides is 1. The number of rotatable bonds is 5. The van der Waals surface area contributed by atoms with Gasteiger partial charge in [-0.1, -0.05) is 39.7 Å². The Morgan fingerprint density at radius 2 is 2.32 bits per heavy atom. The first kappa shape index (κ1) is 14.9. The molecule has 2 nitrogen and oxygen atoms in total. The summed E-state index contributed by atoms with van der Waals surface area (Å²) in [5, 5.41) is 1.71. The molecule has 19 heavy (non-hydrogen) atoms. The average Bonchev–Trinajstić information content (AvgIpc) is 2.84. The third-order valence-corrected chi connectivity index (χ3v) is 4.41. The van der Waals surface area contributed by atoms with Crippen LogP contribution >= 0.6 is 27.5 Å². The molecule has 1 aliphatic heterocycles. The third-order valence-electron chi connectivity index (χ3n) is 3.61. The summed E-state index contributed by atoms with van der Waals surface area (Å²) in [6, 6.07) is 8.02. The van der Waals surface area contributed by atoms with Crippen LogP contribution in [-0.2, 0) is 11.2 Å². The van der Waals surface area contributed by atoms with Crippen LogP contribution in [0.25, 0.3) is 0 Å². The molecule has 1 fully saturated rings. The number of nitrogens with zero attached hydrogens (tertiary/aromatic N) is 1. The predicted molar refractivity (Wildman–Crippen MR) is 82.9 cm³/mol. The van der Waals surface area contributed by atoms with Crippen LogP contribution in [0.4, 0.5) is 0 Å². The number of halogens is 2. The van der Waals surface area contributed by atoms with Crippen molar-refractivity contribution in [3.8, 4) is 0 Å². The van der Waals surface area contributed by atoms with Gasteiger partial charge in [0.15, 0.2) is 0 Å². The van der Waals surface area contributed by atoms with Crippen molar-refractivity contribution in [3.05, 3.63) is 34.9 Å². The van der Waals surface area contributed by atoms with E-state index in [1.54, 1.807) is 0 Å². The molecule has 1 unspecified atom stereocenters. The van der Waals surface area contributed by atoms with Gasteiger partial charge in [0.25, 0.3) is 0 Å². The van der Waals surface area contributed by atoms with Gasteiger partial charge in [-0.2, -0.15) is 0 Å². The Kier molecular flexibility index (Phi) is 5.71. The number of hydrogen-bond acceptors (Lipinski definition) is 1. The Labute approximate surface area is 128 Å². The summed E-state index contributed by atoms with van der Waals surface area (Å²) in [5.74, 6) is 0.235. The van der Waals surface area contributed by atoms with E-state index < -0.39 is 0 Å². The Hall–Kier alpha value is -0.540. The Balaban J connectivity index is 1.95. The highest BCUT2D eigenvalue weighted by Crippen LogP contribution is 2.23. The van der Waals surface area contributed by atoms with E-state index in [1.807, 2.05) is 24.3 Å². The molecule has 2 rings (SSSR count). The van der Waals surface area contributed by atoms with E-state index in [0.717, 1.165) is 43.1 Å². The molecule has 4 heteroatoms. The lowest BCUT2D eigenvalue weighted by Crippen LogP contribution is -2.36. The molecule has 104 valence electrons. The van der Waals surface area contributed by atoms with Crippen molar-refractivity contribution in [2.75, 3.05) is 11.9 Å². The molecule has 1 atom stereocenters. The molecule has 1 aliphatic rings. The second-order valence-corrected chi connectivity index (χ2v) is 6.25. The van der Waals surface area contributed by atoms with E-state index in [9.17, 15) is 4.79 Å². The SMILES string of the molecule is O=C(Cc1cccc(Cl)c1)N1CCCC1CCCBr. The maximum Gasteiger partial charge on any atom is 0.227 e. The number of alkyl halides is 1. The maximum absolute atomic E-state index is 12.4. The van der Waals surface area contributed by atoms with Crippen molar-refractivity contribution < 1.29 is 4.79 Å². The van der Waals surface area contributed by atoms with Gasteiger partial charge in [-0.3, -0.25) is 4.79 Å². The number of carbonyl (C=O) groups is 1. The molecular formula is C15H19BrClNO. The quantitative estimate of drug-likeness (QED) is 0.738. The molecule has 0 radical (unpaired) electrons. The van der Waals surface area contributed by atoms with Gasteiger partial charge in [0.1, 0.15) is 0 Å². The fourth-order valence-electron chi connectivity index (χ4n) is 2.70. The highest BCUT2D eigenvalue weighted by atomic mass is 79.9. The van der Waals surface area contributed by atoms with E-state index in [2.05, 4.69) is 20.8 Å². The van der Waals surface area contributed by atoms with Gasteiger partial charge >= 0.3 is 0 Å². The number of likely N-dealkylation sites (tertiary alicyclic amines) is 1. The molecule has 1 aromatic carbocycles. The molecule has 0 bridgehead atoms. The fraction of sp³-hybridized carbons (Fsp3) is 0.533. The minimum atomic E-state index is 0.235. The number of hydrogen-bond donors (Lipinski definition) is 0. The summed E-state index contributed by atoms with van der Waals surface area (Å²) in [6.07, 6.45) is 4.98. The Morgan fingerprint density at radius 3 is 3.05 bits per heavy atom. The molecule has 1 heterocycles. The van der Waals surface area contributed by atoms with E-state index in [4.69, 9.17) is 11.6 Å². The minimum Gasteiger partial charge on any atom is -0.339 e. The van der Waals surface area contributed by atoms with E-state index in [0.29, 0.717) is 17.5 Å². The number of benzene rings is 1. The van der Waals surface area contributed by atoms with Gasteiger partial charge in [0, 0.05) is 22.9 Å². The lowest BCUT2D eigenvalue weighted by atomic mass is 10.1. The smallest absolute Gasteiger partial charge is 0.227 e. The van der Waals surface area contributed by atoms with Crippen molar-refractivity contribution >= 4 is 33.4 Å². The fourth-order valence-corrected chi connectivity index (χ4v) is 3.24. The standard InChI is InChI=1S/C15H19BrClNO/c16-8-2-6-14-7-3-9-18(14)15(19)11-12-4-1-5-13(17)10-12/h1,4-5,10,14H,2-3,6-9,11H2. The second-order valence-electron chi connectivity index (χ2n) is 5.02. The van der Waals surface area contributed by atoms with Crippen molar-refractivity contribution in [1.29, 1.82) is 0 Å². The molecule has 0 aliphatic carbocycles. The normalized spacial score (nSPS) is 18.8. The van der Waals surface area contributed by atoms with Crippen molar-refractivity contribution in [1.82, 2.24) is 4.90 Å². The molecule has 1 amide bonds. The summed E-state index contributed by atoms with van der Waals surface area (Å²) in [4.78, 5) is 14.4. The van der Waals surface area contributed by atoms with Crippen LogP contribution in [0.15, 0.2) is 24.3 Å². The molecule has 0 aromatic heterocycles.